The first-order valence-electron chi connectivity index (χ1n) is 6.38. The Labute approximate surface area is 116 Å². The van der Waals surface area contributed by atoms with E-state index in [1.54, 1.807) is 12.1 Å². The highest BCUT2D eigenvalue weighted by Crippen LogP contribution is 2.28. The summed E-state index contributed by atoms with van der Waals surface area (Å²) in [6, 6.07) is 4.17. The van der Waals surface area contributed by atoms with Crippen LogP contribution in [-0.2, 0) is 22.6 Å². The van der Waals surface area contributed by atoms with Gasteiger partial charge >= 0.3 is 5.97 Å². The van der Waals surface area contributed by atoms with Crippen LogP contribution in [0.1, 0.15) is 34.8 Å². The summed E-state index contributed by atoms with van der Waals surface area (Å²) in [5.41, 5.74) is 7.44. The van der Waals surface area contributed by atoms with Gasteiger partial charge in [0.1, 0.15) is 6.04 Å². The number of hydrogen-bond donors (Lipinski definition) is 2. The molecule has 2 rings (SSSR count). The van der Waals surface area contributed by atoms with E-state index in [0.717, 1.165) is 17.5 Å². The minimum Gasteiger partial charge on any atom is -0.480 e. The van der Waals surface area contributed by atoms with Crippen LogP contribution in [0.25, 0.3) is 0 Å². The number of carboxylic acids is 1. The number of aliphatic carboxylic acids is 1. The number of nitrogens with two attached hydrogens (primary N) is 1. The van der Waals surface area contributed by atoms with Crippen LogP contribution in [0.5, 0.6) is 0 Å². The number of rotatable bonds is 5. The molecule has 0 spiro atoms. The smallest absolute Gasteiger partial charge is 0.326 e. The quantitative estimate of drug-likeness (QED) is 0.819. The maximum atomic E-state index is 12.3. The van der Waals surface area contributed by atoms with Gasteiger partial charge in [-0.15, -0.1) is 0 Å². The summed E-state index contributed by atoms with van der Waals surface area (Å²) in [5.74, 6) is -2.32. The lowest BCUT2D eigenvalue weighted by atomic mass is 10.0. The van der Waals surface area contributed by atoms with Crippen LogP contribution in [0.3, 0.4) is 0 Å². The van der Waals surface area contributed by atoms with Gasteiger partial charge in [-0.25, -0.2) is 4.79 Å². The van der Waals surface area contributed by atoms with E-state index in [2.05, 4.69) is 0 Å². The average Bonchev–Trinajstić information content (AvgIpc) is 2.73. The lowest BCUT2D eigenvalue weighted by Gasteiger charge is -2.23. The Kier molecular flexibility index (Phi) is 3.74. The van der Waals surface area contributed by atoms with Crippen LogP contribution in [0.15, 0.2) is 18.2 Å². The SMILES string of the molecule is CCc1cccc2c1CN(C(CC(N)=O)C(=O)O)C2=O. The van der Waals surface area contributed by atoms with Crippen molar-refractivity contribution >= 4 is 17.8 Å². The number of carbonyl (C=O) groups excluding carboxylic acids is 2. The van der Waals surface area contributed by atoms with Crippen molar-refractivity contribution in [3.8, 4) is 0 Å². The topological polar surface area (TPSA) is 101 Å². The van der Waals surface area contributed by atoms with Crippen molar-refractivity contribution in [1.82, 2.24) is 4.90 Å². The average molecular weight is 276 g/mol. The molecule has 0 saturated carbocycles. The highest BCUT2D eigenvalue weighted by molar-refractivity contribution is 6.01. The third kappa shape index (κ3) is 2.36. The normalized spacial score (nSPS) is 15.1. The van der Waals surface area contributed by atoms with E-state index in [9.17, 15) is 19.5 Å². The molecule has 0 aliphatic carbocycles. The summed E-state index contributed by atoms with van der Waals surface area (Å²) in [5, 5.41) is 9.20. The van der Waals surface area contributed by atoms with E-state index >= 15 is 0 Å². The second-order valence-electron chi connectivity index (χ2n) is 4.75. The number of aryl methyl sites for hydroxylation is 1. The summed E-state index contributed by atoms with van der Waals surface area (Å²) in [7, 11) is 0. The van der Waals surface area contributed by atoms with Crippen LogP contribution in [0, 0.1) is 0 Å². The predicted octanol–water partition coefficient (Wildman–Crippen LogP) is 0.533. The Morgan fingerprint density at radius 2 is 2.15 bits per heavy atom. The van der Waals surface area contributed by atoms with Gasteiger partial charge in [-0.2, -0.15) is 0 Å². The molecule has 1 heterocycles. The van der Waals surface area contributed by atoms with Gasteiger partial charge in [-0.3, -0.25) is 9.59 Å². The van der Waals surface area contributed by atoms with Crippen molar-refractivity contribution in [3.05, 3.63) is 34.9 Å². The fourth-order valence-corrected chi connectivity index (χ4v) is 2.52. The van der Waals surface area contributed by atoms with Gasteiger partial charge < -0.3 is 15.7 Å². The molecule has 0 saturated heterocycles. The fourth-order valence-electron chi connectivity index (χ4n) is 2.52. The van der Waals surface area contributed by atoms with Crippen molar-refractivity contribution < 1.29 is 19.5 Å². The Bertz CT molecular complexity index is 583. The van der Waals surface area contributed by atoms with Crippen molar-refractivity contribution in [1.29, 1.82) is 0 Å². The molecule has 0 bridgehead atoms. The standard InChI is InChI=1S/C14H16N2O4/c1-2-8-4-3-5-9-10(8)7-16(13(9)18)11(14(19)20)6-12(15)17/h3-5,11H,2,6-7H2,1H3,(H2,15,17)(H,19,20). The molecule has 1 aliphatic rings. The van der Waals surface area contributed by atoms with E-state index < -0.39 is 17.9 Å². The molecule has 1 atom stereocenters. The van der Waals surface area contributed by atoms with Gasteiger partial charge in [-0.1, -0.05) is 19.1 Å². The molecule has 0 radical (unpaired) electrons. The summed E-state index contributed by atoms with van der Waals surface area (Å²) >= 11 is 0. The van der Waals surface area contributed by atoms with Crippen LogP contribution < -0.4 is 5.73 Å². The molecule has 1 aliphatic heterocycles. The van der Waals surface area contributed by atoms with Gasteiger partial charge in [0.15, 0.2) is 0 Å². The molecule has 0 fully saturated rings. The molecule has 3 N–H and O–H groups in total. The van der Waals surface area contributed by atoms with E-state index in [1.165, 1.54) is 4.90 Å². The van der Waals surface area contributed by atoms with Crippen molar-refractivity contribution in [3.63, 3.8) is 0 Å². The van der Waals surface area contributed by atoms with Gasteiger partial charge in [0.05, 0.1) is 6.42 Å². The van der Waals surface area contributed by atoms with Crippen molar-refractivity contribution in [2.75, 3.05) is 0 Å². The Morgan fingerprint density at radius 1 is 1.45 bits per heavy atom. The summed E-state index contributed by atoms with van der Waals surface area (Å²) < 4.78 is 0. The van der Waals surface area contributed by atoms with Crippen LogP contribution in [-0.4, -0.2) is 33.8 Å². The highest BCUT2D eigenvalue weighted by Gasteiger charge is 2.37. The first kappa shape index (κ1) is 14.0. The zero-order valence-electron chi connectivity index (χ0n) is 11.1. The zero-order valence-corrected chi connectivity index (χ0v) is 11.1. The molecule has 2 amide bonds. The zero-order chi connectivity index (χ0) is 14.9. The maximum absolute atomic E-state index is 12.3. The highest BCUT2D eigenvalue weighted by atomic mass is 16.4. The number of fused-ring (bicyclic) bond motifs is 1. The Morgan fingerprint density at radius 3 is 2.70 bits per heavy atom. The van der Waals surface area contributed by atoms with Gasteiger partial charge in [-0.05, 0) is 23.6 Å². The van der Waals surface area contributed by atoms with Crippen molar-refractivity contribution in [2.45, 2.75) is 32.4 Å². The van der Waals surface area contributed by atoms with E-state index in [0.29, 0.717) is 5.56 Å². The van der Waals surface area contributed by atoms with E-state index in [1.807, 2.05) is 13.0 Å². The maximum Gasteiger partial charge on any atom is 0.326 e. The number of hydrogen-bond acceptors (Lipinski definition) is 3. The third-order valence-corrected chi connectivity index (χ3v) is 3.53. The molecule has 106 valence electrons. The van der Waals surface area contributed by atoms with Crippen LogP contribution in [0.4, 0.5) is 0 Å². The second-order valence-corrected chi connectivity index (χ2v) is 4.75. The molecule has 6 heteroatoms. The number of primary amides is 1. The predicted molar refractivity (Wildman–Crippen MR) is 70.9 cm³/mol. The molecule has 0 aromatic heterocycles. The third-order valence-electron chi connectivity index (χ3n) is 3.53. The molecule has 1 unspecified atom stereocenters. The van der Waals surface area contributed by atoms with Gasteiger partial charge in [0.25, 0.3) is 5.91 Å². The largest absolute Gasteiger partial charge is 0.480 e. The molecular weight excluding hydrogens is 260 g/mol. The molecule has 1 aromatic carbocycles. The fraction of sp³-hybridized carbons (Fsp3) is 0.357. The molecule has 6 nitrogen and oxygen atoms in total. The number of benzene rings is 1. The van der Waals surface area contributed by atoms with Crippen molar-refractivity contribution in [2.24, 2.45) is 5.73 Å². The number of amides is 2. The molecule has 20 heavy (non-hydrogen) atoms. The number of nitrogens with zero attached hydrogens (tertiary/aromatic N) is 1. The lowest BCUT2D eigenvalue weighted by Crippen LogP contribution is -2.43. The minimum absolute atomic E-state index is 0.211. The minimum atomic E-state index is -1.22. The van der Waals surface area contributed by atoms with Gasteiger partial charge in [0, 0.05) is 12.1 Å². The monoisotopic (exact) mass is 276 g/mol. The van der Waals surface area contributed by atoms with E-state index in [4.69, 9.17) is 5.73 Å². The first-order valence-corrected chi connectivity index (χ1v) is 6.38. The molecular formula is C14H16N2O4. The molecule has 1 aromatic rings. The van der Waals surface area contributed by atoms with Crippen LogP contribution >= 0.6 is 0 Å². The summed E-state index contributed by atoms with van der Waals surface area (Å²) in [4.78, 5) is 35.8. The first-order chi connectivity index (χ1) is 9.45. The Balaban J connectivity index is 2.35. The number of carbonyl (C=O) groups is 3. The lowest BCUT2D eigenvalue weighted by molar-refractivity contribution is -0.144. The van der Waals surface area contributed by atoms with Gasteiger partial charge in [0.2, 0.25) is 5.91 Å². The number of carboxylic acid groups (broad SMARTS) is 1. The van der Waals surface area contributed by atoms with E-state index in [-0.39, 0.29) is 18.9 Å². The van der Waals surface area contributed by atoms with Crippen LogP contribution in [0.2, 0.25) is 0 Å². The summed E-state index contributed by atoms with van der Waals surface area (Å²) in [6.07, 6.45) is 0.383. The second kappa shape index (κ2) is 5.32. The summed E-state index contributed by atoms with van der Waals surface area (Å²) in [6.45, 7) is 2.18. The Hall–Kier alpha value is -2.37.